The Morgan fingerprint density at radius 3 is 2.12 bits per heavy atom. The van der Waals surface area contributed by atoms with Crippen LogP contribution in [0, 0.1) is 0 Å². The van der Waals surface area contributed by atoms with Gasteiger partial charge in [-0.25, -0.2) is 0 Å². The number of anilines is 2. The highest BCUT2D eigenvalue weighted by atomic mass is 16.2. The summed E-state index contributed by atoms with van der Waals surface area (Å²) in [5.74, 6) is 0.144. The molecule has 1 saturated carbocycles. The lowest BCUT2D eigenvalue weighted by Gasteiger charge is -2.28. The highest BCUT2D eigenvalue weighted by molar-refractivity contribution is 5.99. The number of hydrogen-bond acceptors (Lipinski definition) is 2. The largest absolute Gasteiger partial charge is 0.372 e. The van der Waals surface area contributed by atoms with E-state index in [9.17, 15) is 4.79 Å². The molecular weight excluding hydrogens is 308 g/mol. The lowest BCUT2D eigenvalue weighted by molar-refractivity contribution is -0.121. The number of nitrogens with zero attached hydrogens (tertiary/aromatic N) is 1. The molecule has 3 nitrogen and oxygen atoms in total. The Bertz CT molecular complexity index is 711. The van der Waals surface area contributed by atoms with E-state index in [-0.39, 0.29) is 11.3 Å². The zero-order valence-electron chi connectivity index (χ0n) is 14.7. The Balaban J connectivity index is 1.52. The third-order valence-corrected chi connectivity index (χ3v) is 5.81. The van der Waals surface area contributed by atoms with Crippen LogP contribution in [0.1, 0.15) is 44.1 Å². The van der Waals surface area contributed by atoms with Crippen molar-refractivity contribution in [2.45, 2.75) is 43.9 Å². The van der Waals surface area contributed by atoms with Gasteiger partial charge in [-0.3, -0.25) is 4.79 Å². The number of amides is 1. The van der Waals surface area contributed by atoms with Crippen molar-refractivity contribution in [3.63, 3.8) is 0 Å². The molecule has 1 heterocycles. The molecule has 4 rings (SSSR count). The van der Waals surface area contributed by atoms with Gasteiger partial charge in [-0.05, 0) is 55.5 Å². The number of carbonyl (C=O) groups is 1. The molecule has 25 heavy (non-hydrogen) atoms. The fourth-order valence-electron chi connectivity index (χ4n) is 4.36. The normalized spacial score (nSPS) is 19.1. The molecule has 2 fully saturated rings. The predicted octanol–water partition coefficient (Wildman–Crippen LogP) is 4.74. The van der Waals surface area contributed by atoms with Crippen LogP contribution >= 0.6 is 0 Å². The topological polar surface area (TPSA) is 32.3 Å². The summed E-state index contributed by atoms with van der Waals surface area (Å²) in [6.45, 7) is 2.28. The van der Waals surface area contributed by atoms with Gasteiger partial charge in [-0.1, -0.05) is 43.2 Å². The second-order valence-corrected chi connectivity index (χ2v) is 7.35. The third-order valence-electron chi connectivity index (χ3n) is 5.81. The average molecular weight is 334 g/mol. The molecule has 0 bridgehead atoms. The van der Waals surface area contributed by atoms with Gasteiger partial charge < -0.3 is 10.2 Å². The summed E-state index contributed by atoms with van der Waals surface area (Å²) in [7, 11) is 0. The predicted molar refractivity (Wildman–Crippen MR) is 103 cm³/mol. The summed E-state index contributed by atoms with van der Waals surface area (Å²) >= 11 is 0. The van der Waals surface area contributed by atoms with Gasteiger partial charge in [-0.2, -0.15) is 0 Å². The molecule has 1 aliphatic carbocycles. The maximum absolute atomic E-state index is 13.2. The molecule has 1 N–H and O–H groups in total. The Morgan fingerprint density at radius 1 is 0.840 bits per heavy atom. The van der Waals surface area contributed by atoms with Gasteiger partial charge in [-0.15, -0.1) is 0 Å². The summed E-state index contributed by atoms with van der Waals surface area (Å²) in [5, 5.41) is 3.18. The number of hydrogen-bond donors (Lipinski definition) is 1. The lowest BCUT2D eigenvalue weighted by Crippen LogP contribution is -2.37. The minimum absolute atomic E-state index is 0.144. The molecule has 1 saturated heterocycles. The van der Waals surface area contributed by atoms with E-state index < -0.39 is 0 Å². The fourth-order valence-corrected chi connectivity index (χ4v) is 4.36. The first-order valence-electron chi connectivity index (χ1n) is 9.50. The smallest absolute Gasteiger partial charge is 0.235 e. The molecule has 2 aromatic carbocycles. The van der Waals surface area contributed by atoms with Crippen molar-refractivity contribution >= 4 is 17.3 Å². The quantitative estimate of drug-likeness (QED) is 0.876. The number of nitrogens with one attached hydrogen (secondary N) is 1. The molecule has 0 atom stereocenters. The van der Waals surface area contributed by atoms with Crippen molar-refractivity contribution < 1.29 is 4.79 Å². The zero-order chi connectivity index (χ0) is 17.1. The van der Waals surface area contributed by atoms with Gasteiger partial charge in [0.1, 0.15) is 0 Å². The zero-order valence-corrected chi connectivity index (χ0v) is 14.7. The molecule has 1 amide bonds. The van der Waals surface area contributed by atoms with Crippen molar-refractivity contribution in [2.75, 3.05) is 23.3 Å². The van der Waals surface area contributed by atoms with Gasteiger partial charge in [0.15, 0.2) is 0 Å². The van der Waals surface area contributed by atoms with Crippen LogP contribution in [-0.2, 0) is 10.2 Å². The molecular formula is C22H26N2O. The molecule has 0 aromatic heterocycles. The average Bonchev–Trinajstić information content (AvgIpc) is 3.36. The highest BCUT2D eigenvalue weighted by Gasteiger charge is 2.42. The Hall–Kier alpha value is -2.29. The van der Waals surface area contributed by atoms with Crippen LogP contribution in [0.3, 0.4) is 0 Å². The van der Waals surface area contributed by atoms with Gasteiger partial charge in [0.2, 0.25) is 5.91 Å². The Kier molecular flexibility index (Phi) is 4.48. The van der Waals surface area contributed by atoms with Crippen LogP contribution < -0.4 is 10.2 Å². The van der Waals surface area contributed by atoms with Crippen molar-refractivity contribution in [1.29, 1.82) is 0 Å². The van der Waals surface area contributed by atoms with Crippen LogP contribution in [0.5, 0.6) is 0 Å². The van der Waals surface area contributed by atoms with Crippen molar-refractivity contribution in [1.82, 2.24) is 0 Å². The second-order valence-electron chi connectivity index (χ2n) is 7.35. The van der Waals surface area contributed by atoms with E-state index in [1.165, 1.54) is 18.5 Å². The van der Waals surface area contributed by atoms with E-state index in [0.717, 1.165) is 50.0 Å². The van der Waals surface area contributed by atoms with Crippen LogP contribution in [0.4, 0.5) is 11.4 Å². The number of benzene rings is 2. The minimum Gasteiger partial charge on any atom is -0.372 e. The maximum atomic E-state index is 13.2. The van der Waals surface area contributed by atoms with E-state index in [1.54, 1.807) is 0 Å². The first-order chi connectivity index (χ1) is 12.3. The standard InChI is InChI=1S/C22H26N2O/c25-21(22(14-4-5-15-22)18-8-2-1-3-9-18)23-19-10-12-20(13-11-19)24-16-6-7-17-24/h1-3,8-13H,4-7,14-17H2,(H,23,25). The van der Waals surface area contributed by atoms with Gasteiger partial charge in [0.25, 0.3) is 0 Å². The van der Waals surface area contributed by atoms with E-state index in [2.05, 4.69) is 34.5 Å². The second kappa shape index (κ2) is 6.91. The minimum atomic E-state index is -0.366. The number of carbonyl (C=O) groups excluding carboxylic acids is 1. The summed E-state index contributed by atoms with van der Waals surface area (Å²) in [5.41, 5.74) is 2.94. The molecule has 3 heteroatoms. The molecule has 0 spiro atoms. The molecule has 0 unspecified atom stereocenters. The monoisotopic (exact) mass is 334 g/mol. The van der Waals surface area contributed by atoms with E-state index in [1.807, 2.05) is 30.3 Å². The summed E-state index contributed by atoms with van der Waals surface area (Å²) in [6, 6.07) is 18.6. The molecule has 130 valence electrons. The van der Waals surface area contributed by atoms with Crippen LogP contribution in [-0.4, -0.2) is 19.0 Å². The Morgan fingerprint density at radius 2 is 1.48 bits per heavy atom. The summed E-state index contributed by atoms with van der Waals surface area (Å²) in [4.78, 5) is 15.6. The van der Waals surface area contributed by atoms with Gasteiger partial charge >= 0.3 is 0 Å². The lowest BCUT2D eigenvalue weighted by atomic mass is 9.78. The Labute approximate surface area is 150 Å². The number of rotatable bonds is 4. The van der Waals surface area contributed by atoms with Crippen molar-refractivity contribution in [2.24, 2.45) is 0 Å². The highest BCUT2D eigenvalue weighted by Crippen LogP contribution is 2.42. The van der Waals surface area contributed by atoms with Crippen LogP contribution in [0.15, 0.2) is 54.6 Å². The third kappa shape index (κ3) is 3.15. The SMILES string of the molecule is O=C(Nc1ccc(N2CCCC2)cc1)C1(c2ccccc2)CCCC1. The molecule has 1 aliphatic heterocycles. The molecule has 0 radical (unpaired) electrons. The first kappa shape index (κ1) is 16.2. The summed E-state index contributed by atoms with van der Waals surface area (Å²) in [6.07, 6.45) is 6.67. The molecule has 2 aromatic rings. The van der Waals surface area contributed by atoms with Crippen LogP contribution in [0.25, 0.3) is 0 Å². The molecule has 2 aliphatic rings. The van der Waals surface area contributed by atoms with Crippen LogP contribution in [0.2, 0.25) is 0 Å². The van der Waals surface area contributed by atoms with Crippen molar-refractivity contribution in [3.05, 3.63) is 60.2 Å². The van der Waals surface area contributed by atoms with E-state index in [4.69, 9.17) is 0 Å². The van der Waals surface area contributed by atoms with Gasteiger partial charge in [0, 0.05) is 24.5 Å². The van der Waals surface area contributed by atoms with Gasteiger partial charge in [0.05, 0.1) is 5.41 Å². The van der Waals surface area contributed by atoms with E-state index in [0.29, 0.717) is 0 Å². The summed E-state index contributed by atoms with van der Waals surface area (Å²) < 4.78 is 0. The van der Waals surface area contributed by atoms with Crippen molar-refractivity contribution in [3.8, 4) is 0 Å². The first-order valence-corrected chi connectivity index (χ1v) is 9.50. The fraction of sp³-hybridized carbons (Fsp3) is 0.409. The van der Waals surface area contributed by atoms with E-state index >= 15 is 0 Å². The maximum Gasteiger partial charge on any atom is 0.235 e.